The average Bonchev–Trinajstić information content (AvgIpc) is 3.24. The third-order valence-corrected chi connectivity index (χ3v) is 7.07. The molecule has 166 valence electrons. The monoisotopic (exact) mass is 418 g/mol. The fraction of sp³-hybridized carbons (Fsp3) is 0.571. The van der Waals surface area contributed by atoms with Crippen LogP contribution in [0, 0.1) is 10.8 Å². The summed E-state index contributed by atoms with van der Waals surface area (Å²) in [4.78, 5) is 13.7. The van der Waals surface area contributed by atoms with Gasteiger partial charge in [-0.3, -0.25) is 9.89 Å². The molecule has 1 aromatic carbocycles. The van der Waals surface area contributed by atoms with Crippen molar-refractivity contribution in [2.75, 3.05) is 0 Å². The average molecular weight is 419 g/mol. The van der Waals surface area contributed by atoms with Crippen molar-refractivity contribution in [1.82, 2.24) is 10.2 Å². The second-order valence-corrected chi connectivity index (χ2v) is 11.4. The molecule has 31 heavy (non-hydrogen) atoms. The van der Waals surface area contributed by atoms with Crippen LogP contribution < -0.4 is 0 Å². The fourth-order valence-electron chi connectivity index (χ4n) is 6.29. The van der Waals surface area contributed by atoms with E-state index in [1.165, 1.54) is 28.0 Å². The number of allylic oxidation sites excluding steroid dienone is 2. The van der Waals surface area contributed by atoms with E-state index in [0.717, 1.165) is 43.4 Å². The summed E-state index contributed by atoms with van der Waals surface area (Å²) in [5, 5.41) is 8.24. The lowest BCUT2D eigenvalue weighted by Gasteiger charge is -2.44. The largest absolute Gasteiger partial charge is 0.294 e. The first-order chi connectivity index (χ1) is 14.6. The summed E-state index contributed by atoms with van der Waals surface area (Å²) >= 11 is 0. The number of Topliss-reactive ketones (excluding diaryl/α,β-unsaturated/α-hetero) is 1. The second kappa shape index (κ2) is 7.46. The standard InChI is InChI=1S/C26H32N2O.C2H6/c1-24(2,3)14-20-23-19(27-28-20)12-17-13-25(4,5)15-21(29)22(17)26(23)11-10-16-8-6-7-9-18(16)26;1-2/h6-9H,10-15H2,1-5H3,(H,27,28);1-2H3. The number of ketones is 1. The summed E-state index contributed by atoms with van der Waals surface area (Å²) in [6.07, 6.45) is 5.44. The third-order valence-electron chi connectivity index (χ3n) is 7.07. The van der Waals surface area contributed by atoms with Gasteiger partial charge in [-0.05, 0) is 47.6 Å². The first-order valence-electron chi connectivity index (χ1n) is 12.0. The van der Waals surface area contributed by atoms with Crippen LogP contribution in [0.2, 0.25) is 0 Å². The minimum absolute atomic E-state index is 0.0427. The summed E-state index contributed by atoms with van der Waals surface area (Å²) in [6.45, 7) is 15.3. The number of nitrogens with one attached hydrogen (secondary N) is 1. The third kappa shape index (κ3) is 3.50. The van der Waals surface area contributed by atoms with E-state index < -0.39 is 0 Å². The lowest BCUT2D eigenvalue weighted by Crippen LogP contribution is -2.42. The zero-order valence-corrected chi connectivity index (χ0v) is 20.4. The van der Waals surface area contributed by atoms with E-state index in [4.69, 9.17) is 5.10 Å². The number of nitrogens with zero attached hydrogens (tertiary/aromatic N) is 1. The Morgan fingerprint density at radius 3 is 2.52 bits per heavy atom. The molecule has 3 heteroatoms. The van der Waals surface area contributed by atoms with Crippen molar-refractivity contribution in [3.8, 4) is 0 Å². The number of rotatable bonds is 1. The second-order valence-electron chi connectivity index (χ2n) is 11.4. The number of aryl methyl sites for hydroxylation is 1. The van der Waals surface area contributed by atoms with Crippen molar-refractivity contribution in [2.45, 2.75) is 92.4 Å². The molecule has 3 nitrogen and oxygen atoms in total. The van der Waals surface area contributed by atoms with Crippen LogP contribution in [0.1, 0.15) is 95.8 Å². The Hall–Kier alpha value is -2.16. The molecule has 3 aliphatic rings. The number of benzene rings is 1. The fourth-order valence-corrected chi connectivity index (χ4v) is 6.29. The van der Waals surface area contributed by atoms with Gasteiger partial charge in [-0.2, -0.15) is 5.10 Å². The van der Waals surface area contributed by atoms with Gasteiger partial charge in [-0.15, -0.1) is 0 Å². The highest BCUT2D eigenvalue weighted by Gasteiger charge is 2.54. The topological polar surface area (TPSA) is 45.8 Å². The summed E-state index contributed by atoms with van der Waals surface area (Å²) in [5.74, 6) is 0.363. The van der Waals surface area contributed by atoms with E-state index in [9.17, 15) is 4.79 Å². The number of aromatic nitrogens is 2. The maximum absolute atomic E-state index is 13.7. The Labute approximate surface area is 187 Å². The zero-order valence-electron chi connectivity index (χ0n) is 20.4. The molecule has 1 heterocycles. The van der Waals surface area contributed by atoms with Gasteiger partial charge in [0.15, 0.2) is 5.78 Å². The van der Waals surface area contributed by atoms with Crippen LogP contribution in [0.25, 0.3) is 0 Å². The maximum atomic E-state index is 13.7. The van der Waals surface area contributed by atoms with E-state index >= 15 is 0 Å². The molecule has 0 saturated heterocycles. The quantitative estimate of drug-likeness (QED) is 0.574. The molecule has 1 N–H and O–H groups in total. The molecule has 0 aliphatic heterocycles. The number of carbonyl (C=O) groups excluding carboxylic acids is 1. The van der Waals surface area contributed by atoms with E-state index in [2.05, 4.69) is 64.0 Å². The molecular formula is C28H38N2O. The number of aromatic amines is 1. The minimum atomic E-state index is -0.305. The molecule has 2 aromatic rings. The van der Waals surface area contributed by atoms with E-state index in [1.54, 1.807) is 0 Å². The molecule has 1 aromatic heterocycles. The van der Waals surface area contributed by atoms with Crippen LogP contribution in [-0.2, 0) is 29.5 Å². The number of hydrogen-bond donors (Lipinski definition) is 1. The predicted octanol–water partition coefficient (Wildman–Crippen LogP) is 6.50. The van der Waals surface area contributed by atoms with Gasteiger partial charge in [0.25, 0.3) is 0 Å². The van der Waals surface area contributed by atoms with Crippen molar-refractivity contribution in [3.63, 3.8) is 0 Å². The van der Waals surface area contributed by atoms with Crippen molar-refractivity contribution in [2.24, 2.45) is 10.8 Å². The van der Waals surface area contributed by atoms with Crippen molar-refractivity contribution >= 4 is 5.78 Å². The smallest absolute Gasteiger partial charge is 0.160 e. The Kier molecular flexibility index (Phi) is 5.31. The van der Waals surface area contributed by atoms with Crippen molar-refractivity contribution in [1.29, 1.82) is 0 Å². The lowest BCUT2D eigenvalue weighted by atomic mass is 9.57. The molecule has 5 rings (SSSR count). The summed E-state index contributed by atoms with van der Waals surface area (Å²) < 4.78 is 0. The molecule has 1 unspecified atom stereocenters. The van der Waals surface area contributed by atoms with Crippen LogP contribution in [0.3, 0.4) is 0 Å². The van der Waals surface area contributed by atoms with Gasteiger partial charge in [0.1, 0.15) is 0 Å². The summed E-state index contributed by atoms with van der Waals surface area (Å²) in [5.41, 5.74) is 8.82. The molecule has 0 fully saturated rings. The van der Waals surface area contributed by atoms with Crippen LogP contribution in [0.5, 0.6) is 0 Å². The Morgan fingerprint density at radius 1 is 1.10 bits per heavy atom. The minimum Gasteiger partial charge on any atom is -0.294 e. The van der Waals surface area contributed by atoms with Crippen LogP contribution in [0.4, 0.5) is 0 Å². The number of H-pyrrole nitrogens is 1. The lowest BCUT2D eigenvalue weighted by molar-refractivity contribution is -0.118. The normalized spacial score (nSPS) is 23.8. The molecule has 1 atom stereocenters. The highest BCUT2D eigenvalue weighted by atomic mass is 16.1. The van der Waals surface area contributed by atoms with Crippen LogP contribution in [0.15, 0.2) is 35.4 Å². The predicted molar refractivity (Wildman–Crippen MR) is 127 cm³/mol. The van der Waals surface area contributed by atoms with Gasteiger partial charge < -0.3 is 0 Å². The Balaban J connectivity index is 0.00000112. The highest BCUT2D eigenvalue weighted by Crippen LogP contribution is 2.58. The van der Waals surface area contributed by atoms with Crippen LogP contribution in [-0.4, -0.2) is 16.0 Å². The van der Waals surface area contributed by atoms with Gasteiger partial charge in [0.05, 0.1) is 11.1 Å². The first-order valence-corrected chi connectivity index (χ1v) is 12.0. The van der Waals surface area contributed by atoms with E-state index in [-0.39, 0.29) is 16.2 Å². The zero-order chi connectivity index (χ0) is 22.6. The van der Waals surface area contributed by atoms with Gasteiger partial charge in [0, 0.05) is 29.7 Å². The van der Waals surface area contributed by atoms with Gasteiger partial charge in [-0.1, -0.05) is 78.3 Å². The molecule has 0 bridgehead atoms. The van der Waals surface area contributed by atoms with Crippen LogP contribution >= 0.6 is 0 Å². The van der Waals surface area contributed by atoms with E-state index in [0.29, 0.717) is 12.2 Å². The van der Waals surface area contributed by atoms with Gasteiger partial charge in [-0.25, -0.2) is 0 Å². The maximum Gasteiger partial charge on any atom is 0.160 e. The molecule has 3 aliphatic carbocycles. The number of carbonyl (C=O) groups is 1. The SMILES string of the molecule is CC.CC(C)(C)Cc1n[nH]c2c1C1(CCc3ccccc31)C1=C(C2)CC(C)(C)CC1=O. The highest BCUT2D eigenvalue weighted by molar-refractivity contribution is 6.02. The Morgan fingerprint density at radius 2 is 1.81 bits per heavy atom. The molecule has 0 amide bonds. The van der Waals surface area contributed by atoms with Gasteiger partial charge in [0.2, 0.25) is 0 Å². The van der Waals surface area contributed by atoms with Crippen molar-refractivity contribution in [3.05, 3.63) is 63.5 Å². The van der Waals surface area contributed by atoms with Gasteiger partial charge >= 0.3 is 0 Å². The summed E-state index contributed by atoms with van der Waals surface area (Å²) in [6, 6.07) is 8.79. The molecule has 0 saturated carbocycles. The number of fused-ring (bicyclic) bond motifs is 5. The Bertz CT molecular complexity index is 1050. The summed E-state index contributed by atoms with van der Waals surface area (Å²) in [7, 11) is 0. The molecule has 0 radical (unpaired) electrons. The first kappa shape index (κ1) is 22.0. The van der Waals surface area contributed by atoms with Crippen molar-refractivity contribution < 1.29 is 4.79 Å². The van der Waals surface area contributed by atoms with E-state index in [1.807, 2.05) is 13.8 Å². The molecular weight excluding hydrogens is 380 g/mol. The number of hydrogen-bond acceptors (Lipinski definition) is 2. The molecule has 1 spiro atoms.